The van der Waals surface area contributed by atoms with Crippen molar-refractivity contribution in [2.45, 2.75) is 32.2 Å². The number of morpholine rings is 1. The Morgan fingerprint density at radius 1 is 1.10 bits per heavy atom. The Labute approximate surface area is 178 Å². The first-order valence-corrected chi connectivity index (χ1v) is 10.7. The molecule has 4 rings (SSSR count). The Balaban J connectivity index is 1.59. The first-order chi connectivity index (χ1) is 14.4. The van der Waals surface area contributed by atoms with Crippen molar-refractivity contribution in [2.75, 3.05) is 44.3 Å². The number of nitrogens with zero attached hydrogens (tertiary/aromatic N) is 5. The van der Waals surface area contributed by atoms with Gasteiger partial charge in [0.1, 0.15) is 0 Å². The average Bonchev–Trinajstić information content (AvgIpc) is 3.04. The quantitative estimate of drug-likeness (QED) is 0.664. The number of alkyl halides is 3. The lowest BCUT2D eigenvalue weighted by Gasteiger charge is -2.33. The highest BCUT2D eigenvalue weighted by molar-refractivity contribution is 7.71. The maximum absolute atomic E-state index is 13.2. The number of anilines is 1. The highest BCUT2D eigenvalue weighted by Gasteiger charge is 2.41. The molecule has 2 aliphatic rings. The second-order valence-electron chi connectivity index (χ2n) is 7.85. The fraction of sp³-hybridized carbons (Fsp3) is 0.600. The maximum Gasteiger partial charge on any atom is 0.393 e. The van der Waals surface area contributed by atoms with Crippen molar-refractivity contribution in [3.63, 3.8) is 0 Å². The lowest BCUT2D eigenvalue weighted by atomic mass is 9.98. The zero-order valence-corrected chi connectivity index (χ0v) is 17.5. The summed E-state index contributed by atoms with van der Waals surface area (Å²) in [5, 5.41) is 4.73. The van der Waals surface area contributed by atoms with Crippen LogP contribution in [-0.4, -0.2) is 64.8 Å². The number of piperidine rings is 1. The van der Waals surface area contributed by atoms with E-state index < -0.39 is 12.1 Å². The Hall–Kier alpha value is -1.91. The second-order valence-corrected chi connectivity index (χ2v) is 8.22. The number of benzene rings is 1. The first-order valence-electron chi connectivity index (χ1n) is 10.2. The number of ether oxygens (including phenoxy) is 1. The van der Waals surface area contributed by atoms with Crippen LogP contribution >= 0.6 is 12.2 Å². The van der Waals surface area contributed by atoms with Gasteiger partial charge in [0.15, 0.2) is 0 Å². The van der Waals surface area contributed by atoms with Crippen molar-refractivity contribution in [2.24, 2.45) is 5.92 Å². The molecule has 10 heteroatoms. The third kappa shape index (κ3) is 4.87. The highest BCUT2D eigenvalue weighted by Crippen LogP contribution is 2.33. The average molecular weight is 442 g/mol. The van der Waals surface area contributed by atoms with Crippen molar-refractivity contribution >= 4 is 18.2 Å². The standard InChI is InChI=1S/C20H26F3N5OS/c21-20(22,23)17-7-4-8-25(14-17)15-28-19(30)27(13-16-5-2-1-3-6-16)18(24-28)26-9-11-29-12-10-26/h1-3,5-6,17H,4,7-15H2. The molecule has 0 saturated carbocycles. The van der Waals surface area contributed by atoms with Crippen LogP contribution in [0.25, 0.3) is 0 Å². The van der Waals surface area contributed by atoms with Crippen molar-refractivity contribution in [3.05, 3.63) is 40.7 Å². The van der Waals surface area contributed by atoms with Gasteiger partial charge < -0.3 is 9.64 Å². The summed E-state index contributed by atoms with van der Waals surface area (Å²) in [5.41, 5.74) is 1.10. The molecule has 1 atom stereocenters. The summed E-state index contributed by atoms with van der Waals surface area (Å²) < 4.78 is 49.2. The normalized spacial score (nSPS) is 21.2. The molecule has 2 saturated heterocycles. The van der Waals surface area contributed by atoms with Gasteiger partial charge >= 0.3 is 6.18 Å². The summed E-state index contributed by atoms with van der Waals surface area (Å²) in [6.45, 7) is 4.09. The lowest BCUT2D eigenvalue weighted by Crippen LogP contribution is -2.42. The molecule has 1 aromatic carbocycles. The molecule has 0 radical (unpaired) electrons. The van der Waals surface area contributed by atoms with Crippen LogP contribution in [0.5, 0.6) is 0 Å². The summed E-state index contributed by atoms with van der Waals surface area (Å²) in [5.74, 6) is -0.540. The maximum atomic E-state index is 13.2. The van der Waals surface area contributed by atoms with Gasteiger partial charge in [-0.25, -0.2) is 4.68 Å². The number of aromatic nitrogens is 3. The van der Waals surface area contributed by atoms with Crippen LogP contribution < -0.4 is 4.90 Å². The van der Waals surface area contributed by atoms with Gasteiger partial charge in [-0.3, -0.25) is 9.47 Å². The van der Waals surface area contributed by atoms with Crippen molar-refractivity contribution < 1.29 is 17.9 Å². The Kier molecular flexibility index (Phi) is 6.45. The molecule has 0 bridgehead atoms. The lowest BCUT2D eigenvalue weighted by molar-refractivity contribution is -0.188. The van der Waals surface area contributed by atoms with Gasteiger partial charge in [-0.1, -0.05) is 30.3 Å². The van der Waals surface area contributed by atoms with E-state index in [9.17, 15) is 13.2 Å². The smallest absolute Gasteiger partial charge is 0.378 e. The van der Waals surface area contributed by atoms with E-state index >= 15 is 0 Å². The minimum absolute atomic E-state index is 0.0102. The third-order valence-corrected chi connectivity index (χ3v) is 6.11. The molecule has 30 heavy (non-hydrogen) atoms. The Morgan fingerprint density at radius 2 is 1.83 bits per heavy atom. The van der Waals surface area contributed by atoms with Crippen molar-refractivity contribution in [1.29, 1.82) is 0 Å². The minimum Gasteiger partial charge on any atom is -0.378 e. The van der Waals surface area contributed by atoms with Crippen LogP contribution in [0.4, 0.5) is 19.1 Å². The van der Waals surface area contributed by atoms with Gasteiger partial charge in [0.05, 0.1) is 32.3 Å². The van der Waals surface area contributed by atoms with Crippen molar-refractivity contribution in [1.82, 2.24) is 19.2 Å². The molecule has 2 aliphatic heterocycles. The predicted molar refractivity (Wildman–Crippen MR) is 110 cm³/mol. The predicted octanol–water partition coefficient (Wildman–Crippen LogP) is 3.53. The van der Waals surface area contributed by atoms with E-state index in [4.69, 9.17) is 22.1 Å². The van der Waals surface area contributed by atoms with Crippen LogP contribution in [0.1, 0.15) is 18.4 Å². The zero-order chi connectivity index (χ0) is 21.1. The fourth-order valence-electron chi connectivity index (χ4n) is 4.06. The van der Waals surface area contributed by atoms with E-state index in [1.807, 2.05) is 34.9 Å². The number of likely N-dealkylation sites (tertiary alicyclic amines) is 1. The molecule has 0 aliphatic carbocycles. The molecule has 3 heterocycles. The van der Waals surface area contributed by atoms with Gasteiger partial charge in [0.2, 0.25) is 10.7 Å². The van der Waals surface area contributed by atoms with Crippen LogP contribution in [0.3, 0.4) is 0 Å². The molecule has 0 N–H and O–H groups in total. The van der Waals surface area contributed by atoms with Crippen LogP contribution in [0, 0.1) is 10.7 Å². The number of halogens is 3. The Morgan fingerprint density at radius 3 is 2.53 bits per heavy atom. The second kappa shape index (κ2) is 9.07. The van der Waals surface area contributed by atoms with Crippen LogP contribution in [0.15, 0.2) is 30.3 Å². The van der Waals surface area contributed by atoms with E-state index in [1.54, 1.807) is 9.58 Å². The van der Waals surface area contributed by atoms with Gasteiger partial charge in [-0.05, 0) is 37.2 Å². The Bertz CT molecular complexity index is 892. The highest BCUT2D eigenvalue weighted by atomic mass is 32.1. The van der Waals surface area contributed by atoms with E-state index in [0.29, 0.717) is 50.6 Å². The molecule has 1 aromatic heterocycles. The topological polar surface area (TPSA) is 38.5 Å². The zero-order valence-electron chi connectivity index (χ0n) is 16.7. The first kappa shape index (κ1) is 21.3. The molecular formula is C20H26F3N5OS. The summed E-state index contributed by atoms with van der Waals surface area (Å²) in [4.78, 5) is 3.94. The molecule has 0 amide bonds. The number of hydrogen-bond acceptors (Lipinski definition) is 5. The molecule has 2 fully saturated rings. The van der Waals surface area contributed by atoms with Gasteiger partial charge in [0.25, 0.3) is 0 Å². The van der Waals surface area contributed by atoms with Gasteiger partial charge in [-0.2, -0.15) is 13.2 Å². The monoisotopic (exact) mass is 441 g/mol. The van der Waals surface area contributed by atoms with E-state index in [2.05, 4.69) is 4.90 Å². The van der Waals surface area contributed by atoms with Crippen LogP contribution in [0.2, 0.25) is 0 Å². The molecule has 0 spiro atoms. The van der Waals surface area contributed by atoms with Crippen molar-refractivity contribution in [3.8, 4) is 0 Å². The summed E-state index contributed by atoms with van der Waals surface area (Å²) in [6.07, 6.45) is -3.45. The number of hydrogen-bond donors (Lipinski definition) is 0. The molecular weight excluding hydrogens is 415 g/mol. The third-order valence-electron chi connectivity index (χ3n) is 5.68. The molecule has 164 valence electrons. The van der Waals surface area contributed by atoms with E-state index in [0.717, 1.165) is 11.5 Å². The SMILES string of the molecule is FC(F)(F)C1CCCN(Cn2nc(N3CCOCC3)n(Cc3ccccc3)c2=S)C1. The van der Waals surface area contributed by atoms with Gasteiger partial charge in [-0.15, -0.1) is 5.10 Å². The van der Waals surface area contributed by atoms with E-state index in [1.165, 1.54) is 0 Å². The van der Waals surface area contributed by atoms with Gasteiger partial charge in [0, 0.05) is 19.6 Å². The number of rotatable bonds is 5. The fourth-order valence-corrected chi connectivity index (χ4v) is 4.31. The summed E-state index contributed by atoms with van der Waals surface area (Å²) in [7, 11) is 0. The molecule has 6 nitrogen and oxygen atoms in total. The molecule has 2 aromatic rings. The van der Waals surface area contributed by atoms with Crippen LogP contribution in [-0.2, 0) is 18.0 Å². The minimum atomic E-state index is -4.16. The molecule has 1 unspecified atom stereocenters. The summed E-state index contributed by atoms with van der Waals surface area (Å²) >= 11 is 5.71. The summed E-state index contributed by atoms with van der Waals surface area (Å²) in [6, 6.07) is 9.97. The largest absolute Gasteiger partial charge is 0.393 e. The van der Waals surface area contributed by atoms with E-state index in [-0.39, 0.29) is 19.6 Å².